The Morgan fingerprint density at radius 2 is 2.24 bits per heavy atom. The zero-order chi connectivity index (χ0) is 14.8. The highest BCUT2D eigenvalue weighted by atomic mass is 35.5. The van der Waals surface area contributed by atoms with Crippen molar-refractivity contribution in [3.63, 3.8) is 0 Å². The van der Waals surface area contributed by atoms with E-state index in [0.717, 1.165) is 18.6 Å². The van der Waals surface area contributed by atoms with Crippen LogP contribution >= 0.6 is 11.6 Å². The van der Waals surface area contributed by atoms with E-state index in [4.69, 9.17) is 16.0 Å². The maximum atomic E-state index is 13.8. The summed E-state index contributed by atoms with van der Waals surface area (Å²) >= 11 is 5.99. The van der Waals surface area contributed by atoms with Crippen LogP contribution in [0.4, 0.5) is 4.39 Å². The zero-order valence-corrected chi connectivity index (χ0v) is 12.1. The molecule has 1 aromatic heterocycles. The first-order valence-corrected chi connectivity index (χ1v) is 7.30. The van der Waals surface area contributed by atoms with Gasteiger partial charge in [-0.05, 0) is 37.1 Å². The Morgan fingerprint density at radius 3 is 2.95 bits per heavy atom. The third kappa shape index (κ3) is 2.81. The number of likely N-dealkylation sites (tertiary alicyclic amines) is 1. The van der Waals surface area contributed by atoms with Gasteiger partial charge in [0.2, 0.25) is 5.91 Å². The van der Waals surface area contributed by atoms with Crippen molar-refractivity contribution in [2.24, 2.45) is 0 Å². The Morgan fingerprint density at radius 1 is 1.38 bits per heavy atom. The van der Waals surface area contributed by atoms with Crippen LogP contribution in [-0.2, 0) is 11.2 Å². The molecule has 1 saturated heterocycles. The van der Waals surface area contributed by atoms with Gasteiger partial charge in [0.05, 0.1) is 18.7 Å². The highest BCUT2D eigenvalue weighted by Gasteiger charge is 2.32. The van der Waals surface area contributed by atoms with Crippen LogP contribution in [0.3, 0.4) is 0 Å². The first kappa shape index (κ1) is 14.1. The summed E-state index contributed by atoms with van der Waals surface area (Å²) in [7, 11) is 0. The van der Waals surface area contributed by atoms with Gasteiger partial charge in [0.15, 0.2) is 0 Å². The molecular formula is C16H15ClFNO2. The van der Waals surface area contributed by atoms with Gasteiger partial charge >= 0.3 is 0 Å². The van der Waals surface area contributed by atoms with Crippen LogP contribution in [0.15, 0.2) is 41.0 Å². The fourth-order valence-electron chi connectivity index (χ4n) is 2.80. The lowest BCUT2D eigenvalue weighted by molar-refractivity contribution is -0.131. The standard InChI is InChI=1S/C16H15ClFNO2/c17-12-4-1-5-13(18)11(12)10-16(20)19-8-2-6-14(19)15-7-3-9-21-15/h1,3-5,7,9,14H,2,6,8,10H2/t14-/m0/s1. The number of amides is 1. The van der Waals surface area contributed by atoms with Gasteiger partial charge in [0, 0.05) is 17.1 Å². The van der Waals surface area contributed by atoms with Crippen molar-refractivity contribution in [2.75, 3.05) is 6.54 Å². The molecule has 1 fully saturated rings. The van der Waals surface area contributed by atoms with Gasteiger partial charge in [-0.3, -0.25) is 4.79 Å². The predicted molar refractivity (Wildman–Crippen MR) is 77.5 cm³/mol. The Balaban J connectivity index is 1.79. The van der Waals surface area contributed by atoms with E-state index in [0.29, 0.717) is 6.54 Å². The van der Waals surface area contributed by atoms with Crippen LogP contribution in [0.5, 0.6) is 0 Å². The number of halogens is 2. The maximum absolute atomic E-state index is 13.8. The monoisotopic (exact) mass is 307 g/mol. The number of furan rings is 1. The molecule has 1 aromatic carbocycles. The van der Waals surface area contributed by atoms with E-state index >= 15 is 0 Å². The van der Waals surface area contributed by atoms with Crippen LogP contribution in [0, 0.1) is 5.82 Å². The molecule has 5 heteroatoms. The maximum Gasteiger partial charge on any atom is 0.227 e. The summed E-state index contributed by atoms with van der Waals surface area (Å²) in [6.45, 7) is 0.663. The van der Waals surface area contributed by atoms with Gasteiger partial charge in [0.1, 0.15) is 11.6 Å². The van der Waals surface area contributed by atoms with Crippen LogP contribution in [0.25, 0.3) is 0 Å². The number of benzene rings is 1. The third-order valence-electron chi connectivity index (χ3n) is 3.83. The second-order valence-electron chi connectivity index (χ2n) is 5.14. The second kappa shape index (κ2) is 5.90. The minimum atomic E-state index is -0.440. The van der Waals surface area contributed by atoms with Gasteiger partial charge in [-0.15, -0.1) is 0 Å². The predicted octanol–water partition coefficient (Wildman–Crippen LogP) is 3.98. The zero-order valence-electron chi connectivity index (χ0n) is 11.4. The van der Waals surface area contributed by atoms with Crippen molar-refractivity contribution in [2.45, 2.75) is 25.3 Å². The van der Waals surface area contributed by atoms with E-state index in [9.17, 15) is 9.18 Å². The number of carbonyl (C=O) groups excluding carboxylic acids is 1. The third-order valence-corrected chi connectivity index (χ3v) is 4.19. The molecule has 3 nitrogen and oxygen atoms in total. The summed E-state index contributed by atoms with van der Waals surface area (Å²) in [5, 5.41) is 0.289. The summed E-state index contributed by atoms with van der Waals surface area (Å²) in [5.74, 6) is 0.214. The highest BCUT2D eigenvalue weighted by Crippen LogP contribution is 2.33. The summed E-state index contributed by atoms with van der Waals surface area (Å²) in [5.41, 5.74) is 0.259. The molecule has 0 bridgehead atoms. The molecular weight excluding hydrogens is 293 g/mol. The van der Waals surface area contributed by atoms with Crippen molar-refractivity contribution in [3.8, 4) is 0 Å². The minimum absolute atomic E-state index is 0.0251. The largest absolute Gasteiger partial charge is 0.467 e. The average molecular weight is 308 g/mol. The van der Waals surface area contributed by atoms with E-state index in [1.54, 1.807) is 17.2 Å². The molecule has 0 N–H and O–H groups in total. The highest BCUT2D eigenvalue weighted by molar-refractivity contribution is 6.31. The lowest BCUT2D eigenvalue weighted by Gasteiger charge is -2.23. The van der Waals surface area contributed by atoms with Crippen molar-refractivity contribution in [1.82, 2.24) is 4.90 Å². The quantitative estimate of drug-likeness (QED) is 0.859. The van der Waals surface area contributed by atoms with Crippen LogP contribution in [0.2, 0.25) is 5.02 Å². The van der Waals surface area contributed by atoms with Crippen LogP contribution in [-0.4, -0.2) is 17.4 Å². The molecule has 1 aliphatic heterocycles. The molecule has 2 aromatic rings. The summed E-state index contributed by atoms with van der Waals surface area (Å²) in [4.78, 5) is 14.2. The van der Waals surface area contributed by atoms with Crippen molar-refractivity contribution < 1.29 is 13.6 Å². The summed E-state index contributed by atoms with van der Waals surface area (Å²) < 4.78 is 19.2. The second-order valence-corrected chi connectivity index (χ2v) is 5.54. The first-order chi connectivity index (χ1) is 10.2. The molecule has 1 aliphatic rings. The van der Waals surface area contributed by atoms with E-state index in [2.05, 4.69) is 0 Å². The fourth-order valence-corrected chi connectivity index (χ4v) is 3.03. The van der Waals surface area contributed by atoms with Crippen LogP contribution < -0.4 is 0 Å². The van der Waals surface area contributed by atoms with E-state index < -0.39 is 5.82 Å². The van der Waals surface area contributed by atoms with Gasteiger partial charge in [0.25, 0.3) is 0 Å². The SMILES string of the molecule is O=C(Cc1c(F)cccc1Cl)N1CCC[C@H]1c1ccco1. The number of rotatable bonds is 3. The van der Waals surface area contributed by atoms with Gasteiger partial charge in [-0.25, -0.2) is 4.39 Å². The van der Waals surface area contributed by atoms with Crippen molar-refractivity contribution >= 4 is 17.5 Å². The number of nitrogens with zero attached hydrogens (tertiary/aromatic N) is 1. The fraction of sp³-hybridized carbons (Fsp3) is 0.312. The van der Waals surface area contributed by atoms with Gasteiger partial charge in [-0.2, -0.15) is 0 Å². The van der Waals surface area contributed by atoms with Crippen LogP contribution in [0.1, 0.15) is 30.2 Å². The Labute approximate surface area is 127 Å². The van der Waals surface area contributed by atoms with Gasteiger partial charge in [-0.1, -0.05) is 17.7 Å². The molecule has 0 saturated carbocycles. The number of hydrogen-bond donors (Lipinski definition) is 0. The average Bonchev–Trinajstić information content (AvgIpc) is 3.12. The Hall–Kier alpha value is -1.81. The number of hydrogen-bond acceptors (Lipinski definition) is 2. The topological polar surface area (TPSA) is 33.5 Å². The smallest absolute Gasteiger partial charge is 0.227 e. The molecule has 0 radical (unpaired) electrons. The minimum Gasteiger partial charge on any atom is -0.467 e. The first-order valence-electron chi connectivity index (χ1n) is 6.92. The number of carbonyl (C=O) groups is 1. The van der Waals surface area contributed by atoms with E-state index in [-0.39, 0.29) is 29.0 Å². The Bertz CT molecular complexity index is 621. The normalized spacial score (nSPS) is 18.2. The molecule has 2 heterocycles. The van der Waals surface area contributed by atoms with Gasteiger partial charge < -0.3 is 9.32 Å². The molecule has 1 atom stereocenters. The molecule has 21 heavy (non-hydrogen) atoms. The lowest BCUT2D eigenvalue weighted by Crippen LogP contribution is -2.32. The van der Waals surface area contributed by atoms with E-state index in [1.807, 2.05) is 12.1 Å². The van der Waals surface area contributed by atoms with Crippen molar-refractivity contribution in [1.29, 1.82) is 0 Å². The molecule has 0 spiro atoms. The summed E-state index contributed by atoms with van der Waals surface area (Å²) in [6, 6.07) is 8.07. The molecule has 110 valence electrons. The lowest BCUT2D eigenvalue weighted by atomic mass is 10.1. The molecule has 0 aliphatic carbocycles. The van der Waals surface area contributed by atoms with E-state index in [1.165, 1.54) is 12.1 Å². The Kier molecular flexibility index (Phi) is 3.97. The molecule has 0 unspecified atom stereocenters. The molecule has 1 amide bonds. The summed E-state index contributed by atoms with van der Waals surface area (Å²) in [6.07, 6.45) is 3.36. The van der Waals surface area contributed by atoms with Crippen molar-refractivity contribution in [3.05, 3.63) is 58.8 Å². The molecule has 3 rings (SSSR count).